The Kier molecular flexibility index (Phi) is 4.70. The van der Waals surface area contributed by atoms with Gasteiger partial charge in [-0.05, 0) is 37.9 Å². The van der Waals surface area contributed by atoms with Crippen LogP contribution in [0.2, 0.25) is 0 Å². The van der Waals surface area contributed by atoms with E-state index in [1.807, 2.05) is 14.0 Å². The molecule has 0 aromatic heterocycles. The molecule has 3 nitrogen and oxygen atoms in total. The molecule has 0 bridgehead atoms. The summed E-state index contributed by atoms with van der Waals surface area (Å²) in [4.78, 5) is 10.8. The summed E-state index contributed by atoms with van der Waals surface area (Å²) in [5.41, 5.74) is 3.60. The molecule has 2 atom stereocenters. The van der Waals surface area contributed by atoms with Crippen LogP contribution in [0.3, 0.4) is 0 Å². The van der Waals surface area contributed by atoms with E-state index in [0.717, 1.165) is 0 Å². The zero-order valence-electron chi connectivity index (χ0n) is 10.9. The Morgan fingerprint density at radius 3 is 2.59 bits per heavy atom. The lowest BCUT2D eigenvalue weighted by Gasteiger charge is -2.24. The number of aryl methyl sites for hydroxylation is 2. The predicted octanol–water partition coefficient (Wildman–Crippen LogP) is 2.67. The highest BCUT2D eigenvalue weighted by atomic mass is 16.4. The van der Waals surface area contributed by atoms with Gasteiger partial charge >= 0.3 is 5.97 Å². The monoisotopic (exact) mass is 235 g/mol. The second-order valence-corrected chi connectivity index (χ2v) is 4.70. The summed E-state index contributed by atoms with van der Waals surface area (Å²) in [6.07, 6.45) is 0.179. The van der Waals surface area contributed by atoms with Gasteiger partial charge in [0.1, 0.15) is 0 Å². The molecular formula is C14H21NO2. The second kappa shape index (κ2) is 5.82. The molecule has 0 saturated heterocycles. The summed E-state index contributed by atoms with van der Waals surface area (Å²) < 4.78 is 0. The molecule has 0 aliphatic rings. The first-order chi connectivity index (χ1) is 7.95. The second-order valence-electron chi connectivity index (χ2n) is 4.70. The van der Waals surface area contributed by atoms with Gasteiger partial charge in [-0.1, -0.05) is 30.7 Å². The Hall–Kier alpha value is -1.35. The highest BCUT2D eigenvalue weighted by Crippen LogP contribution is 2.27. The SMILES string of the molecule is CNC(c1cc(C)ccc1C)C(C)CC(=O)O. The van der Waals surface area contributed by atoms with Crippen molar-refractivity contribution in [2.75, 3.05) is 7.05 Å². The molecule has 1 aromatic rings. The normalized spacial score (nSPS) is 14.4. The lowest BCUT2D eigenvalue weighted by molar-refractivity contribution is -0.138. The molecule has 2 unspecified atom stereocenters. The molecular weight excluding hydrogens is 214 g/mol. The number of nitrogens with one attached hydrogen (secondary N) is 1. The Morgan fingerprint density at radius 1 is 1.41 bits per heavy atom. The van der Waals surface area contributed by atoms with Crippen LogP contribution in [0.1, 0.15) is 36.1 Å². The summed E-state index contributed by atoms with van der Waals surface area (Å²) in [6, 6.07) is 6.39. The fourth-order valence-electron chi connectivity index (χ4n) is 2.23. The van der Waals surface area contributed by atoms with Crippen LogP contribution in [-0.4, -0.2) is 18.1 Å². The van der Waals surface area contributed by atoms with Gasteiger partial charge in [-0.2, -0.15) is 0 Å². The first-order valence-electron chi connectivity index (χ1n) is 5.92. The molecule has 0 heterocycles. The van der Waals surface area contributed by atoms with Crippen molar-refractivity contribution in [1.29, 1.82) is 0 Å². The minimum absolute atomic E-state index is 0.0676. The molecule has 2 N–H and O–H groups in total. The Bertz CT molecular complexity index is 401. The number of rotatable bonds is 5. The fraction of sp³-hybridized carbons (Fsp3) is 0.500. The predicted molar refractivity (Wildman–Crippen MR) is 69.1 cm³/mol. The first-order valence-corrected chi connectivity index (χ1v) is 5.92. The third-order valence-corrected chi connectivity index (χ3v) is 3.15. The molecule has 0 aliphatic carbocycles. The number of benzene rings is 1. The number of carboxylic acids is 1. The van der Waals surface area contributed by atoms with Gasteiger partial charge < -0.3 is 10.4 Å². The Balaban J connectivity index is 3.00. The molecule has 0 fully saturated rings. The van der Waals surface area contributed by atoms with Crippen molar-refractivity contribution < 1.29 is 9.90 Å². The third kappa shape index (κ3) is 3.56. The zero-order valence-corrected chi connectivity index (χ0v) is 10.9. The number of hydrogen-bond acceptors (Lipinski definition) is 2. The van der Waals surface area contributed by atoms with Gasteiger partial charge in [-0.3, -0.25) is 4.79 Å². The number of carboxylic acid groups (broad SMARTS) is 1. The Morgan fingerprint density at radius 2 is 2.06 bits per heavy atom. The van der Waals surface area contributed by atoms with E-state index < -0.39 is 5.97 Å². The number of hydrogen-bond donors (Lipinski definition) is 2. The first kappa shape index (κ1) is 13.7. The van der Waals surface area contributed by atoms with E-state index in [1.54, 1.807) is 0 Å². The van der Waals surface area contributed by atoms with Crippen LogP contribution in [0.25, 0.3) is 0 Å². The van der Waals surface area contributed by atoms with Crippen molar-refractivity contribution in [3.8, 4) is 0 Å². The standard InChI is InChI=1S/C14H21NO2/c1-9-5-6-10(2)12(7-9)14(15-4)11(3)8-13(16)17/h5-7,11,14-15H,8H2,1-4H3,(H,16,17). The van der Waals surface area contributed by atoms with E-state index in [2.05, 4.69) is 37.4 Å². The fourth-order valence-corrected chi connectivity index (χ4v) is 2.23. The Labute approximate surface area is 103 Å². The van der Waals surface area contributed by atoms with Crippen molar-refractivity contribution in [1.82, 2.24) is 5.32 Å². The van der Waals surface area contributed by atoms with Crippen LogP contribution < -0.4 is 5.32 Å². The smallest absolute Gasteiger partial charge is 0.303 e. The van der Waals surface area contributed by atoms with Crippen LogP contribution in [-0.2, 0) is 4.79 Å². The molecule has 0 radical (unpaired) electrons. The van der Waals surface area contributed by atoms with Gasteiger partial charge in [0.2, 0.25) is 0 Å². The topological polar surface area (TPSA) is 49.3 Å². The van der Waals surface area contributed by atoms with E-state index in [4.69, 9.17) is 5.11 Å². The highest BCUT2D eigenvalue weighted by Gasteiger charge is 2.21. The summed E-state index contributed by atoms with van der Waals surface area (Å²) in [6.45, 7) is 6.08. The van der Waals surface area contributed by atoms with Crippen molar-refractivity contribution in [3.05, 3.63) is 34.9 Å². The maximum atomic E-state index is 10.8. The third-order valence-electron chi connectivity index (χ3n) is 3.15. The molecule has 3 heteroatoms. The van der Waals surface area contributed by atoms with Gasteiger partial charge in [-0.25, -0.2) is 0 Å². The van der Waals surface area contributed by atoms with Crippen molar-refractivity contribution >= 4 is 5.97 Å². The zero-order chi connectivity index (χ0) is 13.0. The minimum Gasteiger partial charge on any atom is -0.481 e. The molecule has 0 spiro atoms. The molecule has 17 heavy (non-hydrogen) atoms. The summed E-state index contributed by atoms with van der Waals surface area (Å²) in [5, 5.41) is 12.1. The van der Waals surface area contributed by atoms with E-state index in [-0.39, 0.29) is 18.4 Å². The van der Waals surface area contributed by atoms with E-state index in [1.165, 1.54) is 16.7 Å². The summed E-state index contributed by atoms with van der Waals surface area (Å²) >= 11 is 0. The molecule has 94 valence electrons. The molecule has 0 saturated carbocycles. The van der Waals surface area contributed by atoms with Gasteiger partial charge in [0.25, 0.3) is 0 Å². The van der Waals surface area contributed by atoms with Crippen LogP contribution in [0.15, 0.2) is 18.2 Å². The van der Waals surface area contributed by atoms with Gasteiger partial charge in [0, 0.05) is 12.5 Å². The van der Waals surface area contributed by atoms with Crippen molar-refractivity contribution in [2.45, 2.75) is 33.2 Å². The van der Waals surface area contributed by atoms with E-state index >= 15 is 0 Å². The molecule has 1 rings (SSSR count). The van der Waals surface area contributed by atoms with Crippen LogP contribution in [0, 0.1) is 19.8 Å². The van der Waals surface area contributed by atoms with Crippen LogP contribution >= 0.6 is 0 Å². The van der Waals surface area contributed by atoms with Crippen molar-refractivity contribution in [2.24, 2.45) is 5.92 Å². The van der Waals surface area contributed by atoms with Crippen molar-refractivity contribution in [3.63, 3.8) is 0 Å². The van der Waals surface area contributed by atoms with Crippen LogP contribution in [0.5, 0.6) is 0 Å². The summed E-state index contributed by atoms with van der Waals surface area (Å²) in [5.74, 6) is -0.680. The lowest BCUT2D eigenvalue weighted by atomic mass is 9.88. The quantitative estimate of drug-likeness (QED) is 0.825. The van der Waals surface area contributed by atoms with E-state index in [9.17, 15) is 4.79 Å². The lowest BCUT2D eigenvalue weighted by Crippen LogP contribution is -2.26. The largest absolute Gasteiger partial charge is 0.481 e. The number of carbonyl (C=O) groups is 1. The number of aliphatic carboxylic acids is 1. The summed E-state index contributed by atoms with van der Waals surface area (Å²) in [7, 11) is 1.88. The van der Waals surface area contributed by atoms with Crippen LogP contribution in [0.4, 0.5) is 0 Å². The molecule has 0 amide bonds. The van der Waals surface area contributed by atoms with E-state index in [0.29, 0.717) is 0 Å². The average molecular weight is 235 g/mol. The maximum absolute atomic E-state index is 10.8. The maximum Gasteiger partial charge on any atom is 0.303 e. The minimum atomic E-state index is -0.747. The average Bonchev–Trinajstić information content (AvgIpc) is 2.23. The molecule has 0 aliphatic heterocycles. The molecule has 1 aromatic carbocycles. The van der Waals surface area contributed by atoms with Gasteiger partial charge in [0.05, 0.1) is 0 Å². The highest BCUT2D eigenvalue weighted by molar-refractivity contribution is 5.67. The van der Waals surface area contributed by atoms with Gasteiger partial charge in [-0.15, -0.1) is 0 Å². The van der Waals surface area contributed by atoms with Gasteiger partial charge in [0.15, 0.2) is 0 Å².